The summed E-state index contributed by atoms with van der Waals surface area (Å²) in [5, 5.41) is 3.40. The fourth-order valence-corrected chi connectivity index (χ4v) is 1.96. The van der Waals surface area contributed by atoms with Gasteiger partial charge in [0.15, 0.2) is 0 Å². The maximum atomic E-state index is 10.8. The van der Waals surface area contributed by atoms with E-state index in [9.17, 15) is 4.79 Å². The van der Waals surface area contributed by atoms with Crippen molar-refractivity contribution in [3.8, 4) is 0 Å². The van der Waals surface area contributed by atoms with Crippen molar-refractivity contribution in [1.82, 2.24) is 5.32 Å². The van der Waals surface area contributed by atoms with Crippen LogP contribution in [0.15, 0.2) is 12.2 Å². The van der Waals surface area contributed by atoms with E-state index in [1.807, 2.05) is 0 Å². The van der Waals surface area contributed by atoms with E-state index in [1.54, 1.807) is 13.2 Å². The van der Waals surface area contributed by atoms with Crippen molar-refractivity contribution in [2.75, 3.05) is 20.8 Å². The highest BCUT2D eigenvalue weighted by Gasteiger charge is 2.19. The van der Waals surface area contributed by atoms with Gasteiger partial charge >= 0.3 is 5.97 Å². The van der Waals surface area contributed by atoms with E-state index in [4.69, 9.17) is 4.74 Å². The number of esters is 1. The Balaban J connectivity index is 2.10. The summed E-state index contributed by atoms with van der Waals surface area (Å²) in [5.74, 6) is -0.301. The zero-order chi connectivity index (χ0) is 11.8. The number of carbonyl (C=O) groups excluding carboxylic acids is 1. The molecule has 0 radical (unpaired) electrons. The van der Waals surface area contributed by atoms with Crippen molar-refractivity contribution in [2.24, 2.45) is 0 Å². The molecule has 4 heteroatoms. The summed E-state index contributed by atoms with van der Waals surface area (Å²) in [6, 6.07) is 0.550. The minimum atomic E-state index is -0.301. The van der Waals surface area contributed by atoms with E-state index < -0.39 is 0 Å². The summed E-state index contributed by atoms with van der Waals surface area (Å²) in [6.07, 6.45) is 8.21. The standard InChI is InChI=1S/C12H21NO3/c1-15-11-7-5-10(6-8-11)13-9-3-4-12(14)16-2/h3-4,10-11,13H,5-9H2,1-2H3/b4-3+. The van der Waals surface area contributed by atoms with Crippen LogP contribution in [0.1, 0.15) is 25.7 Å². The highest BCUT2D eigenvalue weighted by molar-refractivity contribution is 5.81. The topological polar surface area (TPSA) is 47.6 Å². The Hall–Kier alpha value is -0.870. The first-order chi connectivity index (χ1) is 7.76. The van der Waals surface area contributed by atoms with Gasteiger partial charge in [0.2, 0.25) is 0 Å². The van der Waals surface area contributed by atoms with Gasteiger partial charge < -0.3 is 14.8 Å². The van der Waals surface area contributed by atoms with E-state index in [1.165, 1.54) is 13.2 Å². The maximum Gasteiger partial charge on any atom is 0.330 e. The van der Waals surface area contributed by atoms with E-state index in [0.717, 1.165) is 32.2 Å². The fourth-order valence-electron chi connectivity index (χ4n) is 1.96. The Labute approximate surface area is 97.0 Å². The molecule has 0 aliphatic heterocycles. The highest BCUT2D eigenvalue weighted by Crippen LogP contribution is 2.20. The van der Waals surface area contributed by atoms with Crippen LogP contribution in [-0.4, -0.2) is 38.9 Å². The second-order valence-electron chi connectivity index (χ2n) is 4.04. The lowest BCUT2D eigenvalue weighted by atomic mass is 9.93. The summed E-state index contributed by atoms with van der Waals surface area (Å²) < 4.78 is 9.81. The number of hydrogen-bond donors (Lipinski definition) is 1. The molecule has 92 valence electrons. The second-order valence-corrected chi connectivity index (χ2v) is 4.04. The molecular formula is C12H21NO3. The third-order valence-electron chi connectivity index (χ3n) is 2.99. The van der Waals surface area contributed by atoms with Gasteiger partial charge in [-0.2, -0.15) is 0 Å². The molecule has 0 aromatic carbocycles. The van der Waals surface area contributed by atoms with Crippen LogP contribution in [0.5, 0.6) is 0 Å². The van der Waals surface area contributed by atoms with E-state index in [0.29, 0.717) is 12.1 Å². The van der Waals surface area contributed by atoms with Crippen LogP contribution < -0.4 is 5.32 Å². The summed E-state index contributed by atoms with van der Waals surface area (Å²) in [7, 11) is 3.16. The molecule has 16 heavy (non-hydrogen) atoms. The quantitative estimate of drug-likeness (QED) is 0.567. The molecule has 0 saturated heterocycles. The predicted octanol–water partition coefficient (Wildman–Crippen LogP) is 1.26. The normalized spacial score (nSPS) is 25.9. The monoisotopic (exact) mass is 227 g/mol. The lowest BCUT2D eigenvalue weighted by Gasteiger charge is -2.27. The third kappa shape index (κ3) is 4.77. The maximum absolute atomic E-state index is 10.8. The Kier molecular flexibility index (Phi) is 6.11. The van der Waals surface area contributed by atoms with E-state index >= 15 is 0 Å². The van der Waals surface area contributed by atoms with Crippen molar-refractivity contribution >= 4 is 5.97 Å². The number of rotatable bonds is 5. The van der Waals surface area contributed by atoms with Crippen LogP contribution in [0, 0.1) is 0 Å². The summed E-state index contributed by atoms with van der Waals surface area (Å²) in [4.78, 5) is 10.8. The smallest absolute Gasteiger partial charge is 0.330 e. The molecule has 0 spiro atoms. The van der Waals surface area contributed by atoms with E-state index in [2.05, 4.69) is 10.1 Å². The van der Waals surface area contributed by atoms with Gasteiger partial charge in [0.1, 0.15) is 0 Å². The summed E-state index contributed by atoms with van der Waals surface area (Å²) >= 11 is 0. The minimum absolute atomic E-state index is 0.301. The molecule has 0 heterocycles. The molecule has 0 bridgehead atoms. The number of methoxy groups -OCH3 is 2. The molecular weight excluding hydrogens is 206 g/mol. The predicted molar refractivity (Wildman–Crippen MR) is 62.2 cm³/mol. The third-order valence-corrected chi connectivity index (χ3v) is 2.99. The van der Waals surface area contributed by atoms with Crippen molar-refractivity contribution < 1.29 is 14.3 Å². The zero-order valence-corrected chi connectivity index (χ0v) is 10.1. The first-order valence-electron chi connectivity index (χ1n) is 5.77. The number of nitrogens with one attached hydrogen (secondary N) is 1. The SMILES string of the molecule is COC(=O)/C=C/CNC1CCC(OC)CC1. The molecule has 1 rings (SSSR count). The Morgan fingerprint density at radius 1 is 1.31 bits per heavy atom. The second kappa shape index (κ2) is 7.41. The average Bonchev–Trinajstić information content (AvgIpc) is 2.35. The largest absolute Gasteiger partial charge is 0.466 e. The molecule has 1 aliphatic rings. The molecule has 0 unspecified atom stereocenters. The van der Waals surface area contributed by atoms with Gasteiger partial charge in [-0.1, -0.05) is 6.08 Å². The van der Waals surface area contributed by atoms with Crippen LogP contribution in [0.25, 0.3) is 0 Å². The van der Waals surface area contributed by atoms with Crippen molar-refractivity contribution in [3.63, 3.8) is 0 Å². The molecule has 0 aromatic rings. The molecule has 0 atom stereocenters. The van der Waals surface area contributed by atoms with Gasteiger partial charge in [-0.3, -0.25) is 0 Å². The molecule has 4 nitrogen and oxygen atoms in total. The van der Waals surface area contributed by atoms with Crippen molar-refractivity contribution in [1.29, 1.82) is 0 Å². The number of ether oxygens (including phenoxy) is 2. The zero-order valence-electron chi connectivity index (χ0n) is 10.1. The average molecular weight is 227 g/mol. The van der Waals surface area contributed by atoms with E-state index in [-0.39, 0.29) is 5.97 Å². The lowest BCUT2D eigenvalue weighted by molar-refractivity contribution is -0.134. The Morgan fingerprint density at radius 2 is 2.00 bits per heavy atom. The molecule has 1 aliphatic carbocycles. The summed E-state index contributed by atoms with van der Waals surface area (Å²) in [5.41, 5.74) is 0. The van der Waals surface area contributed by atoms with Gasteiger partial charge in [-0.25, -0.2) is 4.79 Å². The molecule has 1 saturated carbocycles. The van der Waals surface area contributed by atoms with Gasteiger partial charge in [0.05, 0.1) is 13.2 Å². The van der Waals surface area contributed by atoms with Crippen LogP contribution in [0.2, 0.25) is 0 Å². The van der Waals surface area contributed by atoms with Gasteiger partial charge in [0.25, 0.3) is 0 Å². The van der Waals surface area contributed by atoms with Crippen LogP contribution in [0.3, 0.4) is 0 Å². The van der Waals surface area contributed by atoms with Gasteiger partial charge in [-0.05, 0) is 25.7 Å². The Bertz CT molecular complexity index is 232. The van der Waals surface area contributed by atoms with Crippen molar-refractivity contribution in [2.45, 2.75) is 37.8 Å². The molecule has 0 amide bonds. The molecule has 0 aromatic heterocycles. The lowest BCUT2D eigenvalue weighted by Crippen LogP contribution is -2.35. The van der Waals surface area contributed by atoms with Crippen LogP contribution in [-0.2, 0) is 14.3 Å². The highest BCUT2D eigenvalue weighted by atomic mass is 16.5. The first kappa shape index (κ1) is 13.2. The van der Waals surface area contributed by atoms with Crippen LogP contribution >= 0.6 is 0 Å². The minimum Gasteiger partial charge on any atom is -0.466 e. The van der Waals surface area contributed by atoms with Crippen LogP contribution in [0.4, 0.5) is 0 Å². The molecule has 1 N–H and O–H groups in total. The first-order valence-corrected chi connectivity index (χ1v) is 5.77. The van der Waals surface area contributed by atoms with Gasteiger partial charge in [0, 0.05) is 25.8 Å². The fraction of sp³-hybridized carbons (Fsp3) is 0.750. The number of hydrogen-bond acceptors (Lipinski definition) is 4. The molecule has 1 fully saturated rings. The Morgan fingerprint density at radius 3 is 2.56 bits per heavy atom. The summed E-state index contributed by atoms with van der Waals surface area (Å²) in [6.45, 7) is 0.720. The van der Waals surface area contributed by atoms with Gasteiger partial charge in [-0.15, -0.1) is 0 Å². The number of carbonyl (C=O) groups is 1. The van der Waals surface area contributed by atoms with Crippen molar-refractivity contribution in [3.05, 3.63) is 12.2 Å².